The van der Waals surface area contributed by atoms with E-state index >= 15 is 0 Å². The lowest BCUT2D eigenvalue weighted by Crippen LogP contribution is -2.23. The Balaban J connectivity index is 2.04. The average molecular weight is 320 g/mol. The molecule has 0 aliphatic heterocycles. The van der Waals surface area contributed by atoms with E-state index in [1.165, 1.54) is 31.4 Å². The van der Waals surface area contributed by atoms with Crippen LogP contribution in [0.3, 0.4) is 0 Å². The minimum atomic E-state index is -3.60. The van der Waals surface area contributed by atoms with Gasteiger partial charge >= 0.3 is 6.09 Å². The van der Waals surface area contributed by atoms with E-state index in [0.717, 1.165) is 5.56 Å². The first-order valence-electron chi connectivity index (χ1n) is 6.50. The minimum Gasteiger partial charge on any atom is -0.453 e. The third-order valence-corrected chi connectivity index (χ3v) is 4.32. The molecule has 0 bridgehead atoms. The quantitative estimate of drug-likeness (QED) is 0.885. The molecule has 2 N–H and O–H groups in total. The Bertz CT molecular complexity index is 728. The number of ether oxygens (including phenoxy) is 1. The highest BCUT2D eigenvalue weighted by atomic mass is 32.2. The van der Waals surface area contributed by atoms with Gasteiger partial charge in [-0.05, 0) is 29.8 Å². The van der Waals surface area contributed by atoms with Crippen LogP contribution in [0, 0.1) is 0 Å². The Morgan fingerprint density at radius 3 is 2.27 bits per heavy atom. The zero-order valence-corrected chi connectivity index (χ0v) is 12.8. The second-order valence-electron chi connectivity index (χ2n) is 4.45. The monoisotopic (exact) mass is 320 g/mol. The van der Waals surface area contributed by atoms with E-state index in [2.05, 4.69) is 14.8 Å². The van der Waals surface area contributed by atoms with Crippen LogP contribution in [0.15, 0.2) is 59.5 Å². The third kappa shape index (κ3) is 4.31. The summed E-state index contributed by atoms with van der Waals surface area (Å²) in [6.07, 6.45) is -0.613. The first kappa shape index (κ1) is 16.0. The van der Waals surface area contributed by atoms with Crippen LogP contribution in [0.1, 0.15) is 5.56 Å². The van der Waals surface area contributed by atoms with Crippen LogP contribution in [0.4, 0.5) is 10.5 Å². The van der Waals surface area contributed by atoms with Crippen LogP contribution in [-0.4, -0.2) is 21.6 Å². The zero-order valence-electron chi connectivity index (χ0n) is 11.9. The predicted octanol–water partition coefficient (Wildman–Crippen LogP) is 2.34. The first-order chi connectivity index (χ1) is 10.5. The summed E-state index contributed by atoms with van der Waals surface area (Å²) in [5, 5.41) is 2.45. The van der Waals surface area contributed by atoms with E-state index in [0.29, 0.717) is 5.69 Å². The number of benzene rings is 2. The van der Waals surface area contributed by atoms with Crippen LogP contribution >= 0.6 is 0 Å². The molecule has 0 atom stereocenters. The highest BCUT2D eigenvalue weighted by Crippen LogP contribution is 2.14. The molecule has 2 aromatic carbocycles. The third-order valence-electron chi connectivity index (χ3n) is 2.91. The summed E-state index contributed by atoms with van der Waals surface area (Å²) < 4.78 is 31.3. The van der Waals surface area contributed by atoms with Crippen molar-refractivity contribution in [2.75, 3.05) is 12.4 Å². The fourth-order valence-corrected chi connectivity index (χ4v) is 2.76. The molecule has 116 valence electrons. The number of hydrogen-bond donors (Lipinski definition) is 2. The van der Waals surface area contributed by atoms with Gasteiger partial charge in [0.25, 0.3) is 0 Å². The number of anilines is 1. The Labute approximate surface area is 129 Å². The lowest BCUT2D eigenvalue weighted by molar-refractivity contribution is 0.187. The van der Waals surface area contributed by atoms with Crippen LogP contribution in [-0.2, 0) is 21.3 Å². The Kier molecular flexibility index (Phi) is 5.13. The molecule has 7 heteroatoms. The summed E-state index contributed by atoms with van der Waals surface area (Å²) in [5.41, 5.74) is 1.32. The molecule has 0 fully saturated rings. The van der Waals surface area contributed by atoms with Crippen molar-refractivity contribution in [3.8, 4) is 0 Å². The number of rotatable bonds is 5. The molecular weight excluding hydrogens is 304 g/mol. The molecule has 2 aromatic rings. The summed E-state index contributed by atoms with van der Waals surface area (Å²) in [7, 11) is -2.35. The lowest BCUT2D eigenvalue weighted by Gasteiger charge is -2.08. The average Bonchev–Trinajstić information content (AvgIpc) is 2.54. The first-order valence-corrected chi connectivity index (χ1v) is 7.98. The van der Waals surface area contributed by atoms with Gasteiger partial charge in [0.1, 0.15) is 0 Å². The second kappa shape index (κ2) is 7.06. The molecule has 0 radical (unpaired) electrons. The molecule has 2 rings (SSSR count). The summed E-state index contributed by atoms with van der Waals surface area (Å²) in [4.78, 5) is 11.2. The van der Waals surface area contributed by atoms with E-state index in [-0.39, 0.29) is 11.4 Å². The zero-order chi connectivity index (χ0) is 16.0. The number of amides is 1. The summed E-state index contributed by atoms with van der Waals surface area (Å²) >= 11 is 0. The van der Waals surface area contributed by atoms with Crippen molar-refractivity contribution in [1.29, 1.82) is 0 Å². The fourth-order valence-electron chi connectivity index (χ4n) is 1.74. The number of sulfonamides is 1. The van der Waals surface area contributed by atoms with Gasteiger partial charge in [-0.25, -0.2) is 17.9 Å². The molecule has 0 saturated heterocycles. The second-order valence-corrected chi connectivity index (χ2v) is 6.22. The van der Waals surface area contributed by atoms with E-state index in [1.54, 1.807) is 0 Å². The molecule has 22 heavy (non-hydrogen) atoms. The topological polar surface area (TPSA) is 84.5 Å². The van der Waals surface area contributed by atoms with Crippen LogP contribution < -0.4 is 10.0 Å². The molecule has 0 heterocycles. The summed E-state index contributed by atoms with van der Waals surface area (Å²) in [6, 6.07) is 15.1. The van der Waals surface area contributed by atoms with Gasteiger partial charge in [-0.1, -0.05) is 30.3 Å². The molecular formula is C15H16N2O4S. The molecule has 0 saturated carbocycles. The van der Waals surface area contributed by atoms with Crippen molar-refractivity contribution in [3.05, 3.63) is 60.2 Å². The predicted molar refractivity (Wildman–Crippen MR) is 82.9 cm³/mol. The maximum Gasteiger partial charge on any atom is 0.411 e. The van der Waals surface area contributed by atoms with Gasteiger partial charge in [0.15, 0.2) is 0 Å². The standard InChI is InChI=1S/C15H16N2O4S/c1-21-15(18)17-13-7-9-14(10-8-13)22(19,20)16-11-12-5-3-2-4-6-12/h2-10,16H,11H2,1H3,(H,17,18). The lowest BCUT2D eigenvalue weighted by atomic mass is 10.2. The molecule has 0 aromatic heterocycles. The highest BCUT2D eigenvalue weighted by molar-refractivity contribution is 7.89. The van der Waals surface area contributed by atoms with Crippen LogP contribution in [0.2, 0.25) is 0 Å². The maximum absolute atomic E-state index is 12.2. The van der Waals surface area contributed by atoms with Crippen molar-refractivity contribution < 1.29 is 17.9 Å². The van der Waals surface area contributed by atoms with Gasteiger partial charge < -0.3 is 4.74 Å². The molecule has 0 aliphatic carbocycles. The minimum absolute atomic E-state index is 0.124. The van der Waals surface area contributed by atoms with Crippen molar-refractivity contribution >= 4 is 21.8 Å². The molecule has 0 unspecified atom stereocenters. The summed E-state index contributed by atoms with van der Waals surface area (Å²) in [5.74, 6) is 0. The van der Waals surface area contributed by atoms with Crippen molar-refractivity contribution in [1.82, 2.24) is 4.72 Å². The van der Waals surface area contributed by atoms with Gasteiger partial charge in [0.05, 0.1) is 12.0 Å². The van der Waals surface area contributed by atoms with E-state index in [4.69, 9.17) is 0 Å². The normalized spacial score (nSPS) is 11.0. The van der Waals surface area contributed by atoms with Gasteiger partial charge in [-0.15, -0.1) is 0 Å². The van der Waals surface area contributed by atoms with Gasteiger partial charge in [-0.3, -0.25) is 5.32 Å². The van der Waals surface area contributed by atoms with Gasteiger partial charge in [0, 0.05) is 12.2 Å². The molecule has 6 nitrogen and oxygen atoms in total. The van der Waals surface area contributed by atoms with Crippen LogP contribution in [0.25, 0.3) is 0 Å². The van der Waals surface area contributed by atoms with Crippen molar-refractivity contribution in [2.45, 2.75) is 11.4 Å². The van der Waals surface area contributed by atoms with E-state index in [1.807, 2.05) is 30.3 Å². The molecule has 0 spiro atoms. The van der Waals surface area contributed by atoms with Gasteiger partial charge in [-0.2, -0.15) is 0 Å². The number of carbonyl (C=O) groups excluding carboxylic acids is 1. The Morgan fingerprint density at radius 2 is 1.68 bits per heavy atom. The SMILES string of the molecule is COC(=O)Nc1ccc(S(=O)(=O)NCc2ccccc2)cc1. The Morgan fingerprint density at radius 1 is 1.05 bits per heavy atom. The number of hydrogen-bond acceptors (Lipinski definition) is 4. The fraction of sp³-hybridized carbons (Fsp3) is 0.133. The number of methoxy groups -OCH3 is 1. The largest absolute Gasteiger partial charge is 0.453 e. The van der Waals surface area contributed by atoms with E-state index in [9.17, 15) is 13.2 Å². The molecule has 1 amide bonds. The highest BCUT2D eigenvalue weighted by Gasteiger charge is 2.13. The smallest absolute Gasteiger partial charge is 0.411 e. The number of nitrogens with one attached hydrogen (secondary N) is 2. The van der Waals surface area contributed by atoms with Gasteiger partial charge in [0.2, 0.25) is 10.0 Å². The van der Waals surface area contributed by atoms with Crippen molar-refractivity contribution in [3.63, 3.8) is 0 Å². The molecule has 0 aliphatic rings. The van der Waals surface area contributed by atoms with E-state index < -0.39 is 16.1 Å². The summed E-state index contributed by atoms with van der Waals surface area (Å²) in [6.45, 7) is 0.214. The number of carbonyl (C=O) groups is 1. The maximum atomic E-state index is 12.2. The Hall–Kier alpha value is -2.38. The van der Waals surface area contributed by atoms with Crippen molar-refractivity contribution in [2.24, 2.45) is 0 Å². The van der Waals surface area contributed by atoms with Crippen LogP contribution in [0.5, 0.6) is 0 Å².